The molecule has 0 N–H and O–H groups in total. The summed E-state index contributed by atoms with van der Waals surface area (Å²) in [6, 6.07) is 3.75. The quantitative estimate of drug-likeness (QED) is 0.733. The van der Waals surface area contributed by atoms with Gasteiger partial charge in [0.15, 0.2) is 0 Å². The molecule has 74 valence electrons. The molecule has 1 rings (SSSR count). The normalized spacial score (nSPS) is 9.54. The fourth-order valence-corrected chi connectivity index (χ4v) is 0.990. The molecule has 0 aromatic carbocycles. The SMILES string of the molecule is CC(C)Oc1ccc(CCl)nc1.Cl. The highest BCUT2D eigenvalue weighted by Gasteiger charge is 1.97. The Kier molecular flexibility index (Phi) is 5.84. The molecule has 0 atom stereocenters. The number of ether oxygens (including phenoxy) is 1. The van der Waals surface area contributed by atoms with E-state index in [2.05, 4.69) is 4.98 Å². The van der Waals surface area contributed by atoms with E-state index in [1.54, 1.807) is 6.20 Å². The van der Waals surface area contributed by atoms with E-state index in [9.17, 15) is 0 Å². The molecule has 0 spiro atoms. The van der Waals surface area contributed by atoms with Gasteiger partial charge < -0.3 is 4.74 Å². The molecule has 0 radical (unpaired) electrons. The average molecular weight is 222 g/mol. The van der Waals surface area contributed by atoms with Crippen LogP contribution in [0.1, 0.15) is 19.5 Å². The molecule has 0 aliphatic carbocycles. The Balaban J connectivity index is 0.00000144. The number of aromatic nitrogens is 1. The van der Waals surface area contributed by atoms with Gasteiger partial charge in [-0.05, 0) is 26.0 Å². The van der Waals surface area contributed by atoms with Crippen LogP contribution in [-0.2, 0) is 5.88 Å². The van der Waals surface area contributed by atoms with Crippen molar-refractivity contribution in [2.24, 2.45) is 0 Å². The van der Waals surface area contributed by atoms with Crippen LogP contribution in [0.25, 0.3) is 0 Å². The summed E-state index contributed by atoms with van der Waals surface area (Å²) in [6.45, 7) is 3.96. The first-order valence-corrected chi connectivity index (χ1v) is 4.43. The highest BCUT2D eigenvalue weighted by atomic mass is 35.5. The number of rotatable bonds is 3. The molecule has 1 heterocycles. The van der Waals surface area contributed by atoms with E-state index in [0.717, 1.165) is 11.4 Å². The average Bonchev–Trinajstić information content (AvgIpc) is 2.05. The summed E-state index contributed by atoms with van der Waals surface area (Å²) >= 11 is 5.58. The molecule has 2 nitrogen and oxygen atoms in total. The van der Waals surface area contributed by atoms with Crippen LogP contribution in [0.2, 0.25) is 0 Å². The molecule has 0 fully saturated rings. The van der Waals surface area contributed by atoms with Gasteiger partial charge in [0, 0.05) is 0 Å². The summed E-state index contributed by atoms with van der Waals surface area (Å²) < 4.78 is 5.41. The monoisotopic (exact) mass is 221 g/mol. The van der Waals surface area contributed by atoms with Crippen molar-refractivity contribution in [1.29, 1.82) is 0 Å². The molecule has 1 aromatic rings. The second kappa shape index (κ2) is 6.06. The van der Waals surface area contributed by atoms with Crippen LogP contribution >= 0.6 is 24.0 Å². The Bertz CT molecular complexity index is 236. The highest BCUT2D eigenvalue weighted by Crippen LogP contribution is 2.11. The molecule has 0 amide bonds. The molecular formula is C9H13Cl2NO. The van der Waals surface area contributed by atoms with Gasteiger partial charge >= 0.3 is 0 Å². The third kappa shape index (κ3) is 4.34. The van der Waals surface area contributed by atoms with Gasteiger partial charge in [-0.25, -0.2) is 0 Å². The largest absolute Gasteiger partial charge is 0.489 e. The van der Waals surface area contributed by atoms with Gasteiger partial charge in [-0.1, -0.05) is 0 Å². The molecule has 1 aromatic heterocycles. The summed E-state index contributed by atoms with van der Waals surface area (Å²) in [7, 11) is 0. The summed E-state index contributed by atoms with van der Waals surface area (Å²) in [5, 5.41) is 0. The van der Waals surface area contributed by atoms with Crippen LogP contribution < -0.4 is 4.74 Å². The van der Waals surface area contributed by atoms with Crippen molar-refractivity contribution in [2.75, 3.05) is 0 Å². The maximum absolute atomic E-state index is 5.58. The minimum Gasteiger partial charge on any atom is -0.489 e. The van der Waals surface area contributed by atoms with E-state index in [0.29, 0.717) is 5.88 Å². The maximum atomic E-state index is 5.58. The Hall–Kier alpha value is -0.470. The first-order chi connectivity index (χ1) is 5.72. The maximum Gasteiger partial charge on any atom is 0.137 e. The van der Waals surface area contributed by atoms with Crippen molar-refractivity contribution in [3.05, 3.63) is 24.0 Å². The van der Waals surface area contributed by atoms with Gasteiger partial charge in [-0.15, -0.1) is 24.0 Å². The fraction of sp³-hybridized carbons (Fsp3) is 0.444. The third-order valence-corrected chi connectivity index (χ3v) is 1.58. The molecular weight excluding hydrogens is 209 g/mol. The standard InChI is InChI=1S/C9H12ClNO.ClH/c1-7(2)12-9-4-3-8(5-10)11-6-9;/h3-4,6-7H,5H2,1-2H3;1H. The lowest BCUT2D eigenvalue weighted by Gasteiger charge is -2.08. The Morgan fingerprint density at radius 2 is 2.15 bits per heavy atom. The van der Waals surface area contributed by atoms with E-state index in [1.807, 2.05) is 26.0 Å². The zero-order valence-corrected chi connectivity index (χ0v) is 9.23. The topological polar surface area (TPSA) is 22.1 Å². The molecule has 0 unspecified atom stereocenters. The van der Waals surface area contributed by atoms with Gasteiger partial charge in [0.25, 0.3) is 0 Å². The molecule has 13 heavy (non-hydrogen) atoms. The van der Waals surface area contributed by atoms with Crippen molar-refractivity contribution in [2.45, 2.75) is 25.8 Å². The minimum absolute atomic E-state index is 0. The predicted molar refractivity (Wildman–Crippen MR) is 56.8 cm³/mol. The Morgan fingerprint density at radius 3 is 2.54 bits per heavy atom. The summed E-state index contributed by atoms with van der Waals surface area (Å²) in [4.78, 5) is 4.09. The van der Waals surface area contributed by atoms with Gasteiger partial charge in [-0.3, -0.25) is 4.98 Å². The molecule has 0 saturated carbocycles. The zero-order valence-electron chi connectivity index (χ0n) is 7.66. The number of hydrogen-bond acceptors (Lipinski definition) is 2. The summed E-state index contributed by atoms with van der Waals surface area (Å²) in [5.41, 5.74) is 0.868. The summed E-state index contributed by atoms with van der Waals surface area (Å²) in [6.07, 6.45) is 1.88. The second-order valence-electron chi connectivity index (χ2n) is 2.79. The van der Waals surface area contributed by atoms with E-state index in [-0.39, 0.29) is 18.5 Å². The molecule has 0 bridgehead atoms. The Labute approximate surface area is 89.7 Å². The van der Waals surface area contributed by atoms with Crippen LogP contribution in [0, 0.1) is 0 Å². The van der Waals surface area contributed by atoms with Crippen molar-refractivity contribution in [3.8, 4) is 5.75 Å². The van der Waals surface area contributed by atoms with Crippen LogP contribution in [-0.4, -0.2) is 11.1 Å². The lowest BCUT2D eigenvalue weighted by Crippen LogP contribution is -2.05. The van der Waals surface area contributed by atoms with Gasteiger partial charge in [0.2, 0.25) is 0 Å². The first-order valence-electron chi connectivity index (χ1n) is 3.90. The highest BCUT2D eigenvalue weighted by molar-refractivity contribution is 6.16. The van der Waals surface area contributed by atoms with E-state index < -0.39 is 0 Å². The lowest BCUT2D eigenvalue weighted by atomic mass is 10.3. The summed E-state index contributed by atoms with van der Waals surface area (Å²) in [5.74, 6) is 1.24. The van der Waals surface area contributed by atoms with Crippen LogP contribution in [0.3, 0.4) is 0 Å². The number of halogens is 2. The lowest BCUT2D eigenvalue weighted by molar-refractivity contribution is 0.241. The molecule has 0 aliphatic heterocycles. The Morgan fingerprint density at radius 1 is 1.46 bits per heavy atom. The number of hydrogen-bond donors (Lipinski definition) is 0. The number of pyridine rings is 1. The van der Waals surface area contributed by atoms with Crippen molar-refractivity contribution in [3.63, 3.8) is 0 Å². The van der Waals surface area contributed by atoms with Gasteiger partial charge in [0.1, 0.15) is 5.75 Å². The minimum atomic E-state index is 0. The predicted octanol–water partition coefficient (Wildman–Crippen LogP) is 3.03. The van der Waals surface area contributed by atoms with E-state index >= 15 is 0 Å². The van der Waals surface area contributed by atoms with Crippen LogP contribution in [0.15, 0.2) is 18.3 Å². The van der Waals surface area contributed by atoms with Crippen LogP contribution in [0.5, 0.6) is 5.75 Å². The molecule has 4 heteroatoms. The smallest absolute Gasteiger partial charge is 0.137 e. The zero-order chi connectivity index (χ0) is 8.97. The van der Waals surface area contributed by atoms with Crippen molar-refractivity contribution < 1.29 is 4.74 Å². The fourth-order valence-electron chi connectivity index (χ4n) is 0.832. The molecule has 0 saturated heterocycles. The second-order valence-corrected chi connectivity index (χ2v) is 3.05. The number of alkyl halides is 1. The molecule has 0 aliphatic rings. The van der Waals surface area contributed by atoms with Crippen LogP contribution in [0.4, 0.5) is 0 Å². The van der Waals surface area contributed by atoms with E-state index in [1.165, 1.54) is 0 Å². The van der Waals surface area contributed by atoms with E-state index in [4.69, 9.17) is 16.3 Å². The van der Waals surface area contributed by atoms with Crippen molar-refractivity contribution >= 4 is 24.0 Å². The number of nitrogens with zero attached hydrogens (tertiary/aromatic N) is 1. The first kappa shape index (κ1) is 12.5. The third-order valence-electron chi connectivity index (χ3n) is 1.31. The van der Waals surface area contributed by atoms with Gasteiger partial charge in [-0.2, -0.15) is 0 Å². The van der Waals surface area contributed by atoms with Gasteiger partial charge in [0.05, 0.1) is 23.9 Å². The van der Waals surface area contributed by atoms with Crippen molar-refractivity contribution in [1.82, 2.24) is 4.98 Å².